The lowest BCUT2D eigenvalue weighted by Gasteiger charge is -2.28. The van der Waals surface area contributed by atoms with E-state index >= 15 is 0 Å². The molecule has 3 nitrogen and oxygen atoms in total. The van der Waals surface area contributed by atoms with Gasteiger partial charge in [0.25, 0.3) is 0 Å². The lowest BCUT2D eigenvalue weighted by Crippen LogP contribution is -2.34. The van der Waals surface area contributed by atoms with Crippen molar-refractivity contribution in [2.45, 2.75) is 52.0 Å². The van der Waals surface area contributed by atoms with Gasteiger partial charge in [0.15, 0.2) is 0 Å². The van der Waals surface area contributed by atoms with Crippen LogP contribution in [-0.2, 0) is 4.79 Å². The average Bonchev–Trinajstić information content (AvgIpc) is 2.29. The largest absolute Gasteiger partial charge is 0.478 e. The molecule has 0 bridgehead atoms. The summed E-state index contributed by atoms with van der Waals surface area (Å²) in [6.45, 7) is 4.57. The topological polar surface area (TPSA) is 49.3 Å². The van der Waals surface area contributed by atoms with Gasteiger partial charge in [0.1, 0.15) is 0 Å². The van der Waals surface area contributed by atoms with Crippen LogP contribution in [0, 0.1) is 5.92 Å². The summed E-state index contributed by atoms with van der Waals surface area (Å²) in [7, 11) is 0. The Hall–Kier alpha value is -0.830. The van der Waals surface area contributed by atoms with E-state index in [1.54, 1.807) is 13.0 Å². The zero-order valence-corrected chi connectivity index (χ0v) is 10.3. The zero-order valence-electron chi connectivity index (χ0n) is 10.3. The highest BCUT2D eigenvalue weighted by Gasteiger charge is 2.19. The van der Waals surface area contributed by atoms with Crippen LogP contribution in [-0.4, -0.2) is 23.7 Å². The fourth-order valence-electron chi connectivity index (χ4n) is 2.31. The number of carboxylic acids is 1. The minimum absolute atomic E-state index is 0.426. The highest BCUT2D eigenvalue weighted by atomic mass is 16.4. The first-order valence-electron chi connectivity index (χ1n) is 6.27. The molecule has 0 aromatic carbocycles. The van der Waals surface area contributed by atoms with Crippen LogP contribution in [0.4, 0.5) is 0 Å². The Balaban J connectivity index is 2.27. The Morgan fingerprint density at radius 3 is 2.88 bits per heavy atom. The number of hydrogen-bond acceptors (Lipinski definition) is 2. The molecule has 0 heterocycles. The van der Waals surface area contributed by atoms with Crippen LogP contribution in [0.25, 0.3) is 0 Å². The average molecular weight is 225 g/mol. The van der Waals surface area contributed by atoms with Gasteiger partial charge < -0.3 is 10.4 Å². The summed E-state index contributed by atoms with van der Waals surface area (Å²) in [5, 5.41) is 12.1. The van der Waals surface area contributed by atoms with Gasteiger partial charge >= 0.3 is 5.97 Å². The molecule has 1 saturated carbocycles. The Morgan fingerprint density at radius 1 is 1.50 bits per heavy atom. The molecule has 92 valence electrons. The number of nitrogens with one attached hydrogen (secondary N) is 1. The number of carboxylic acid groups (broad SMARTS) is 1. The summed E-state index contributed by atoms with van der Waals surface area (Å²) in [5.74, 6) is 0.0349. The first-order chi connectivity index (χ1) is 7.63. The van der Waals surface area contributed by atoms with Crippen molar-refractivity contribution < 1.29 is 9.90 Å². The van der Waals surface area contributed by atoms with E-state index in [4.69, 9.17) is 5.11 Å². The SMILES string of the molecule is CCC1CCCC(NC/C=C(/C)C(=O)O)C1. The monoisotopic (exact) mass is 225 g/mol. The maximum Gasteiger partial charge on any atom is 0.330 e. The van der Waals surface area contributed by atoms with E-state index in [-0.39, 0.29) is 0 Å². The Morgan fingerprint density at radius 2 is 2.25 bits per heavy atom. The van der Waals surface area contributed by atoms with Crippen LogP contribution in [0.2, 0.25) is 0 Å². The molecule has 3 heteroatoms. The van der Waals surface area contributed by atoms with E-state index < -0.39 is 5.97 Å². The fourth-order valence-corrected chi connectivity index (χ4v) is 2.31. The second kappa shape index (κ2) is 6.69. The summed E-state index contributed by atoms with van der Waals surface area (Å²) in [4.78, 5) is 10.6. The van der Waals surface area contributed by atoms with Crippen LogP contribution in [0.3, 0.4) is 0 Å². The van der Waals surface area contributed by atoms with E-state index in [1.807, 2.05) is 0 Å². The van der Waals surface area contributed by atoms with Gasteiger partial charge in [-0.15, -0.1) is 0 Å². The zero-order chi connectivity index (χ0) is 12.0. The molecule has 2 N–H and O–H groups in total. The minimum atomic E-state index is -0.822. The molecule has 1 fully saturated rings. The number of hydrogen-bond donors (Lipinski definition) is 2. The maximum atomic E-state index is 10.6. The van der Waals surface area contributed by atoms with Crippen LogP contribution >= 0.6 is 0 Å². The van der Waals surface area contributed by atoms with Crippen molar-refractivity contribution in [3.63, 3.8) is 0 Å². The van der Waals surface area contributed by atoms with Crippen molar-refractivity contribution >= 4 is 5.97 Å². The molecule has 2 unspecified atom stereocenters. The molecule has 0 aromatic rings. The normalized spacial score (nSPS) is 26.8. The van der Waals surface area contributed by atoms with Gasteiger partial charge in [-0.25, -0.2) is 4.79 Å². The van der Waals surface area contributed by atoms with Gasteiger partial charge in [-0.2, -0.15) is 0 Å². The Bertz CT molecular complexity index is 261. The summed E-state index contributed by atoms with van der Waals surface area (Å²) >= 11 is 0. The van der Waals surface area contributed by atoms with E-state index in [1.165, 1.54) is 32.1 Å². The van der Waals surface area contributed by atoms with Crippen LogP contribution in [0.15, 0.2) is 11.6 Å². The van der Waals surface area contributed by atoms with Gasteiger partial charge in [-0.3, -0.25) is 0 Å². The van der Waals surface area contributed by atoms with Crippen molar-refractivity contribution in [2.24, 2.45) is 5.92 Å². The molecule has 2 atom stereocenters. The summed E-state index contributed by atoms with van der Waals surface area (Å²) < 4.78 is 0. The lowest BCUT2D eigenvalue weighted by atomic mass is 9.84. The summed E-state index contributed by atoms with van der Waals surface area (Å²) in [6, 6.07) is 0.580. The van der Waals surface area contributed by atoms with E-state index in [2.05, 4.69) is 12.2 Å². The summed E-state index contributed by atoms with van der Waals surface area (Å²) in [5.41, 5.74) is 0.426. The lowest BCUT2D eigenvalue weighted by molar-refractivity contribution is -0.132. The molecule has 1 rings (SSSR count). The highest BCUT2D eigenvalue weighted by Crippen LogP contribution is 2.26. The van der Waals surface area contributed by atoms with Crippen molar-refractivity contribution in [2.75, 3.05) is 6.54 Å². The molecule has 1 aliphatic rings. The molecule has 0 spiro atoms. The van der Waals surface area contributed by atoms with E-state index in [9.17, 15) is 4.79 Å². The second-order valence-electron chi connectivity index (χ2n) is 4.74. The Labute approximate surface area is 97.9 Å². The van der Waals surface area contributed by atoms with E-state index in [0.29, 0.717) is 18.2 Å². The van der Waals surface area contributed by atoms with Gasteiger partial charge in [0.05, 0.1) is 0 Å². The number of rotatable bonds is 5. The van der Waals surface area contributed by atoms with Crippen LogP contribution < -0.4 is 5.32 Å². The molecule has 0 aliphatic heterocycles. The molecule has 0 amide bonds. The standard InChI is InChI=1S/C13H23NO2/c1-3-11-5-4-6-12(9-11)14-8-7-10(2)13(15)16/h7,11-12,14H,3-6,8-9H2,1-2H3,(H,15,16)/b10-7-. The first-order valence-corrected chi connectivity index (χ1v) is 6.27. The van der Waals surface area contributed by atoms with Crippen molar-refractivity contribution in [1.29, 1.82) is 0 Å². The van der Waals surface area contributed by atoms with Crippen LogP contribution in [0.5, 0.6) is 0 Å². The van der Waals surface area contributed by atoms with Crippen molar-refractivity contribution in [3.05, 3.63) is 11.6 Å². The van der Waals surface area contributed by atoms with Crippen molar-refractivity contribution in [1.82, 2.24) is 5.32 Å². The third kappa shape index (κ3) is 4.35. The van der Waals surface area contributed by atoms with Gasteiger partial charge in [-0.1, -0.05) is 32.3 Å². The first kappa shape index (κ1) is 13.2. The molecule has 0 radical (unpaired) electrons. The second-order valence-corrected chi connectivity index (χ2v) is 4.74. The predicted octanol–water partition coefficient (Wildman–Crippen LogP) is 2.58. The summed E-state index contributed by atoms with van der Waals surface area (Å²) in [6.07, 6.45) is 8.17. The minimum Gasteiger partial charge on any atom is -0.478 e. The van der Waals surface area contributed by atoms with Gasteiger partial charge in [0, 0.05) is 18.2 Å². The van der Waals surface area contributed by atoms with Gasteiger partial charge in [0.2, 0.25) is 0 Å². The third-order valence-corrected chi connectivity index (χ3v) is 3.51. The maximum absolute atomic E-state index is 10.6. The Kier molecular flexibility index (Phi) is 5.53. The predicted molar refractivity (Wildman–Crippen MR) is 65.4 cm³/mol. The molecule has 1 aliphatic carbocycles. The molecular weight excluding hydrogens is 202 g/mol. The van der Waals surface area contributed by atoms with Gasteiger partial charge in [-0.05, 0) is 25.7 Å². The third-order valence-electron chi connectivity index (χ3n) is 3.51. The number of aliphatic carboxylic acids is 1. The molecule has 0 aromatic heterocycles. The quantitative estimate of drug-likeness (QED) is 0.707. The number of carbonyl (C=O) groups is 1. The smallest absolute Gasteiger partial charge is 0.330 e. The van der Waals surface area contributed by atoms with Crippen molar-refractivity contribution in [3.8, 4) is 0 Å². The fraction of sp³-hybridized carbons (Fsp3) is 0.769. The van der Waals surface area contributed by atoms with E-state index in [0.717, 1.165) is 5.92 Å². The molecule has 16 heavy (non-hydrogen) atoms. The molecular formula is C13H23NO2. The molecule has 0 saturated heterocycles. The van der Waals surface area contributed by atoms with Crippen LogP contribution in [0.1, 0.15) is 46.0 Å². The highest BCUT2D eigenvalue weighted by molar-refractivity contribution is 5.85.